The molecule has 0 radical (unpaired) electrons. The third-order valence-electron chi connectivity index (χ3n) is 13.2. The zero-order chi connectivity index (χ0) is 42.6. The minimum atomic E-state index is -0.394. The van der Waals surface area contributed by atoms with Crippen molar-refractivity contribution >= 4 is 108 Å². The summed E-state index contributed by atoms with van der Waals surface area (Å²) in [6.07, 6.45) is -0.394. The van der Waals surface area contributed by atoms with Crippen LogP contribution in [0.1, 0.15) is 22.9 Å². The molecular formula is C59H36N4OS. The van der Waals surface area contributed by atoms with E-state index in [4.69, 9.17) is 14.4 Å². The molecule has 14 rings (SSSR count). The van der Waals surface area contributed by atoms with Gasteiger partial charge in [-0.05, 0) is 105 Å². The van der Waals surface area contributed by atoms with Crippen molar-refractivity contribution < 1.29 is 4.42 Å². The molecule has 0 aliphatic carbocycles. The first kappa shape index (κ1) is 36.2. The Bertz CT molecular complexity index is 4170. The molecule has 10 aromatic carbocycles. The second-order valence-corrected chi connectivity index (χ2v) is 18.0. The van der Waals surface area contributed by atoms with E-state index >= 15 is 0 Å². The highest BCUT2D eigenvalue weighted by Gasteiger charge is 2.27. The summed E-state index contributed by atoms with van der Waals surface area (Å²) in [4.78, 5) is 11.0. The zero-order valence-electron chi connectivity index (χ0n) is 34.9. The van der Waals surface area contributed by atoms with Gasteiger partial charge in [0.25, 0.3) is 0 Å². The van der Waals surface area contributed by atoms with Crippen LogP contribution in [0.15, 0.2) is 221 Å². The van der Waals surface area contributed by atoms with Crippen LogP contribution in [0.25, 0.3) is 102 Å². The van der Waals surface area contributed by atoms with Gasteiger partial charge in [-0.25, -0.2) is 9.98 Å². The molecule has 1 N–H and O–H groups in total. The number of amidine groups is 2. The molecule has 0 saturated carbocycles. The summed E-state index contributed by atoms with van der Waals surface area (Å²) in [6, 6.07) is 74.0. The monoisotopic (exact) mass is 848 g/mol. The van der Waals surface area contributed by atoms with Gasteiger partial charge in [-0.1, -0.05) is 140 Å². The van der Waals surface area contributed by atoms with Gasteiger partial charge in [-0.15, -0.1) is 11.3 Å². The van der Waals surface area contributed by atoms with Gasteiger partial charge in [0.2, 0.25) is 0 Å². The molecule has 65 heavy (non-hydrogen) atoms. The molecule has 13 aromatic rings. The summed E-state index contributed by atoms with van der Waals surface area (Å²) in [5.41, 5.74) is 10.2. The molecule has 1 atom stereocenters. The maximum atomic E-state index is 6.40. The van der Waals surface area contributed by atoms with Crippen molar-refractivity contribution in [1.29, 1.82) is 0 Å². The third-order valence-corrected chi connectivity index (χ3v) is 14.3. The quantitative estimate of drug-likeness (QED) is 0.188. The van der Waals surface area contributed by atoms with Gasteiger partial charge in [0.15, 0.2) is 5.84 Å². The van der Waals surface area contributed by atoms with Gasteiger partial charge in [0.1, 0.15) is 23.2 Å². The molecule has 1 unspecified atom stereocenters. The molecule has 0 spiro atoms. The van der Waals surface area contributed by atoms with Crippen molar-refractivity contribution in [3.05, 3.63) is 223 Å². The molecule has 1 aliphatic rings. The number of furan rings is 1. The number of fused-ring (bicyclic) bond motifs is 11. The van der Waals surface area contributed by atoms with Gasteiger partial charge in [0.05, 0.1) is 11.0 Å². The number of aromatic nitrogens is 1. The van der Waals surface area contributed by atoms with Crippen LogP contribution in [-0.4, -0.2) is 16.2 Å². The van der Waals surface area contributed by atoms with Crippen molar-refractivity contribution in [3.63, 3.8) is 0 Å². The molecule has 6 heteroatoms. The molecule has 0 amide bonds. The van der Waals surface area contributed by atoms with E-state index in [9.17, 15) is 0 Å². The fraction of sp³-hybridized carbons (Fsp3) is 0.0169. The Morgan fingerprint density at radius 1 is 0.446 bits per heavy atom. The topological polar surface area (TPSA) is 54.8 Å². The number of benzene rings is 10. The summed E-state index contributed by atoms with van der Waals surface area (Å²) in [5, 5.41) is 15.7. The Balaban J connectivity index is 1.07. The Hall–Kier alpha value is -8.32. The molecule has 4 heterocycles. The van der Waals surface area contributed by atoms with Gasteiger partial charge < -0.3 is 14.3 Å². The predicted octanol–water partition coefficient (Wildman–Crippen LogP) is 15.5. The van der Waals surface area contributed by atoms with Crippen molar-refractivity contribution in [1.82, 2.24) is 9.88 Å². The van der Waals surface area contributed by atoms with Crippen molar-refractivity contribution in [2.45, 2.75) is 6.17 Å². The van der Waals surface area contributed by atoms with Gasteiger partial charge in [-0.2, -0.15) is 0 Å². The smallest absolute Gasteiger partial charge is 0.160 e. The van der Waals surface area contributed by atoms with Crippen LogP contribution in [0.3, 0.4) is 0 Å². The molecular weight excluding hydrogens is 813 g/mol. The fourth-order valence-electron chi connectivity index (χ4n) is 10.2. The predicted molar refractivity (Wildman–Crippen MR) is 273 cm³/mol. The van der Waals surface area contributed by atoms with Crippen LogP contribution >= 0.6 is 11.3 Å². The average Bonchev–Trinajstić information content (AvgIpc) is 4.04. The summed E-state index contributed by atoms with van der Waals surface area (Å²) in [7, 11) is 0. The number of para-hydroxylation sites is 2. The molecule has 5 nitrogen and oxygen atoms in total. The first-order valence-corrected chi connectivity index (χ1v) is 22.8. The summed E-state index contributed by atoms with van der Waals surface area (Å²) in [6.45, 7) is 0. The summed E-state index contributed by atoms with van der Waals surface area (Å²) in [5.74, 6) is 1.41. The lowest BCUT2D eigenvalue weighted by atomic mass is 9.93. The normalized spacial score (nSPS) is 14.3. The third kappa shape index (κ3) is 5.64. The largest absolute Gasteiger partial charge is 0.456 e. The van der Waals surface area contributed by atoms with Gasteiger partial charge >= 0.3 is 0 Å². The average molecular weight is 849 g/mol. The van der Waals surface area contributed by atoms with E-state index in [2.05, 4.69) is 192 Å². The Morgan fingerprint density at radius 2 is 1.12 bits per heavy atom. The highest BCUT2D eigenvalue weighted by molar-refractivity contribution is 7.26. The number of hydrogen-bond donors (Lipinski definition) is 1. The summed E-state index contributed by atoms with van der Waals surface area (Å²) < 4.78 is 11.3. The Kier molecular flexibility index (Phi) is 7.85. The lowest BCUT2D eigenvalue weighted by molar-refractivity contribution is 0.667. The van der Waals surface area contributed by atoms with Crippen LogP contribution in [-0.2, 0) is 0 Å². The van der Waals surface area contributed by atoms with Crippen molar-refractivity contribution in [3.8, 4) is 16.8 Å². The van der Waals surface area contributed by atoms with E-state index in [1.165, 1.54) is 58.0 Å². The molecule has 3 aromatic heterocycles. The van der Waals surface area contributed by atoms with Crippen LogP contribution in [0, 0.1) is 0 Å². The van der Waals surface area contributed by atoms with Crippen LogP contribution in [0.4, 0.5) is 0 Å². The second-order valence-electron chi connectivity index (χ2n) is 16.9. The van der Waals surface area contributed by atoms with Gasteiger partial charge in [0, 0.05) is 58.5 Å². The summed E-state index contributed by atoms with van der Waals surface area (Å²) >= 11 is 1.85. The Morgan fingerprint density at radius 3 is 1.97 bits per heavy atom. The van der Waals surface area contributed by atoms with E-state index in [1.807, 2.05) is 35.6 Å². The highest BCUT2D eigenvalue weighted by Crippen LogP contribution is 2.44. The maximum Gasteiger partial charge on any atom is 0.160 e. The number of thiophene rings is 1. The van der Waals surface area contributed by atoms with Crippen LogP contribution < -0.4 is 5.32 Å². The molecule has 0 saturated heterocycles. The number of rotatable bonds is 5. The lowest BCUT2D eigenvalue weighted by Crippen LogP contribution is -2.33. The molecule has 0 fully saturated rings. The first-order valence-electron chi connectivity index (χ1n) is 22.0. The molecule has 304 valence electrons. The number of nitrogens with one attached hydrogen (secondary N) is 1. The van der Waals surface area contributed by atoms with Gasteiger partial charge in [-0.3, -0.25) is 0 Å². The standard InChI is InChI=1S/C59H36N4OS/c1-2-14-35(15-3-1)57-60-58(62-59(61-57)45-23-12-26-52-55(45)44-21-9-11-25-51(44)64-52)43-29-28-40(63-49-24-10-8-20-41(49)47-30-36-16-4-6-18-38(36)32-50(47)63)34-46(43)42-22-13-27-53-56(42)48-31-37-17-5-7-19-39(37)33-54(48)65-53/h1-34,57H,(H,60,61,62). The van der Waals surface area contributed by atoms with E-state index in [-0.39, 0.29) is 0 Å². The minimum Gasteiger partial charge on any atom is -0.456 e. The Labute approximate surface area is 376 Å². The lowest BCUT2D eigenvalue weighted by Gasteiger charge is -2.25. The molecule has 1 aliphatic heterocycles. The number of hydrogen-bond acceptors (Lipinski definition) is 5. The highest BCUT2D eigenvalue weighted by atomic mass is 32.1. The fourth-order valence-corrected chi connectivity index (χ4v) is 11.4. The van der Waals surface area contributed by atoms with E-state index in [0.29, 0.717) is 5.84 Å². The second kappa shape index (κ2) is 14.1. The zero-order valence-corrected chi connectivity index (χ0v) is 35.7. The van der Waals surface area contributed by atoms with Crippen molar-refractivity contribution in [2.75, 3.05) is 0 Å². The number of nitrogens with zero attached hydrogens (tertiary/aromatic N) is 3. The van der Waals surface area contributed by atoms with Crippen LogP contribution in [0.2, 0.25) is 0 Å². The number of aliphatic imine (C=N–C) groups is 2. The molecule has 0 bridgehead atoms. The van der Waals surface area contributed by atoms with E-state index in [0.717, 1.165) is 66.8 Å². The first-order chi connectivity index (χ1) is 32.2. The van der Waals surface area contributed by atoms with E-state index < -0.39 is 6.17 Å². The van der Waals surface area contributed by atoms with Crippen molar-refractivity contribution in [2.24, 2.45) is 9.98 Å². The van der Waals surface area contributed by atoms with Crippen LogP contribution in [0.5, 0.6) is 0 Å². The van der Waals surface area contributed by atoms with E-state index in [1.54, 1.807) is 0 Å². The maximum absolute atomic E-state index is 6.40. The minimum absolute atomic E-state index is 0.394. The SMILES string of the molecule is c1ccc(C2N=C(c3ccc(-n4c5ccccc5c5cc6ccccc6cc54)cc3-c3cccc4sc5cc6ccccc6cc5c34)N=C(c3cccc4oc5ccccc5c34)N2)cc1.